The number of hydrogen-bond donors (Lipinski definition) is 2. The number of nitrogens with one attached hydrogen (secondary N) is 2. The van der Waals surface area contributed by atoms with Crippen LogP contribution in [0.1, 0.15) is 5.56 Å². The second-order valence-corrected chi connectivity index (χ2v) is 7.02. The molecule has 2 N–H and O–H groups in total. The molecule has 0 heterocycles. The summed E-state index contributed by atoms with van der Waals surface area (Å²) in [4.78, 5) is 23.8. The van der Waals surface area contributed by atoms with E-state index < -0.39 is 5.91 Å². The zero-order valence-electron chi connectivity index (χ0n) is 14.2. The summed E-state index contributed by atoms with van der Waals surface area (Å²) in [5, 5.41) is 2.66. The summed E-state index contributed by atoms with van der Waals surface area (Å²) >= 11 is 9.31. The molecule has 0 saturated heterocycles. The van der Waals surface area contributed by atoms with Crippen molar-refractivity contribution in [2.45, 2.75) is 6.42 Å². The van der Waals surface area contributed by atoms with Gasteiger partial charge in [-0.3, -0.25) is 20.4 Å². The Bertz CT molecular complexity index is 977. The normalized spacial score (nSPS) is 10.4. The minimum absolute atomic E-state index is 0.133. The highest BCUT2D eigenvalue weighted by atomic mass is 79.9. The van der Waals surface area contributed by atoms with E-state index in [9.17, 15) is 9.59 Å². The van der Waals surface area contributed by atoms with E-state index in [1.165, 1.54) is 0 Å². The third-order valence-corrected chi connectivity index (χ3v) is 4.88. The summed E-state index contributed by atoms with van der Waals surface area (Å²) in [6, 6.07) is 18.5. The summed E-state index contributed by atoms with van der Waals surface area (Å²) in [7, 11) is 0. The number of rotatable bonds is 5. The molecule has 0 saturated carbocycles. The van der Waals surface area contributed by atoms with E-state index in [0.717, 1.165) is 20.8 Å². The number of hydrogen-bond acceptors (Lipinski definition) is 3. The lowest BCUT2D eigenvalue weighted by Crippen LogP contribution is -2.44. The van der Waals surface area contributed by atoms with Crippen molar-refractivity contribution in [1.82, 2.24) is 10.9 Å². The molecular formula is C20H16BrClN2O3. The van der Waals surface area contributed by atoms with Crippen molar-refractivity contribution in [2.75, 3.05) is 6.61 Å². The Morgan fingerprint density at radius 3 is 2.41 bits per heavy atom. The standard InChI is InChI=1S/C20H16BrClN2O3/c21-20-16-4-2-1-3-14(16)7-10-17(20)27-12-19(26)24-23-18(25)11-13-5-8-15(22)9-6-13/h1-10H,11-12H2,(H,23,25)(H,24,26). The Morgan fingerprint density at radius 2 is 1.63 bits per heavy atom. The van der Waals surface area contributed by atoms with Gasteiger partial charge in [0.15, 0.2) is 6.61 Å². The Balaban J connectivity index is 1.49. The minimum atomic E-state index is -0.459. The number of halogens is 2. The first kappa shape index (κ1) is 19.2. The molecule has 27 heavy (non-hydrogen) atoms. The predicted molar refractivity (Wildman–Crippen MR) is 109 cm³/mol. The molecule has 3 aromatic rings. The maximum absolute atomic E-state index is 11.9. The predicted octanol–water partition coefficient (Wildman–Crippen LogP) is 4.02. The quantitative estimate of drug-likeness (QED) is 0.581. The van der Waals surface area contributed by atoms with E-state index in [1.807, 2.05) is 30.3 Å². The summed E-state index contributed by atoms with van der Waals surface area (Å²) in [6.07, 6.45) is 0.133. The van der Waals surface area contributed by atoms with Gasteiger partial charge in [-0.15, -0.1) is 0 Å². The van der Waals surface area contributed by atoms with Gasteiger partial charge in [-0.05, 0) is 50.5 Å². The van der Waals surface area contributed by atoms with Gasteiger partial charge in [0, 0.05) is 5.02 Å². The number of benzene rings is 3. The van der Waals surface area contributed by atoms with Crippen LogP contribution >= 0.6 is 27.5 Å². The van der Waals surface area contributed by atoms with Gasteiger partial charge in [-0.1, -0.05) is 54.1 Å². The van der Waals surface area contributed by atoms with Gasteiger partial charge in [0.1, 0.15) is 5.75 Å². The van der Waals surface area contributed by atoms with Crippen LogP contribution in [0.5, 0.6) is 5.75 Å². The smallest absolute Gasteiger partial charge is 0.276 e. The summed E-state index contributed by atoms with van der Waals surface area (Å²) in [5.74, 6) is -0.242. The largest absolute Gasteiger partial charge is 0.483 e. The van der Waals surface area contributed by atoms with Crippen molar-refractivity contribution < 1.29 is 14.3 Å². The first-order valence-corrected chi connectivity index (χ1v) is 9.32. The van der Waals surface area contributed by atoms with Crippen LogP contribution in [0.2, 0.25) is 5.02 Å². The van der Waals surface area contributed by atoms with E-state index in [4.69, 9.17) is 16.3 Å². The van der Waals surface area contributed by atoms with Gasteiger partial charge in [-0.25, -0.2) is 0 Å². The number of amides is 2. The fourth-order valence-corrected chi connectivity index (χ4v) is 3.21. The van der Waals surface area contributed by atoms with Crippen LogP contribution in [0.15, 0.2) is 65.1 Å². The van der Waals surface area contributed by atoms with E-state index >= 15 is 0 Å². The van der Waals surface area contributed by atoms with Gasteiger partial charge in [-0.2, -0.15) is 0 Å². The molecule has 7 heteroatoms. The molecule has 2 amide bonds. The third kappa shape index (κ3) is 5.21. The van der Waals surface area contributed by atoms with Gasteiger partial charge < -0.3 is 4.74 Å². The molecule has 3 aromatic carbocycles. The second-order valence-electron chi connectivity index (χ2n) is 5.79. The number of ether oxygens (including phenoxy) is 1. The van der Waals surface area contributed by atoms with Crippen LogP contribution in [0.4, 0.5) is 0 Å². The van der Waals surface area contributed by atoms with Crippen molar-refractivity contribution in [3.63, 3.8) is 0 Å². The summed E-state index contributed by atoms with van der Waals surface area (Å²) < 4.78 is 6.32. The van der Waals surface area contributed by atoms with Crippen LogP contribution in [0.25, 0.3) is 10.8 Å². The van der Waals surface area contributed by atoms with Crippen molar-refractivity contribution in [2.24, 2.45) is 0 Å². The van der Waals surface area contributed by atoms with Gasteiger partial charge >= 0.3 is 0 Å². The van der Waals surface area contributed by atoms with Crippen LogP contribution in [-0.2, 0) is 16.0 Å². The average molecular weight is 448 g/mol. The number of hydrazine groups is 1. The maximum Gasteiger partial charge on any atom is 0.276 e. The lowest BCUT2D eigenvalue weighted by atomic mass is 10.1. The Hall–Kier alpha value is -2.57. The molecule has 0 radical (unpaired) electrons. The Kier molecular flexibility index (Phi) is 6.32. The molecule has 5 nitrogen and oxygen atoms in total. The van der Waals surface area contributed by atoms with Crippen LogP contribution < -0.4 is 15.6 Å². The highest BCUT2D eigenvalue weighted by Gasteiger charge is 2.10. The van der Waals surface area contributed by atoms with Crippen LogP contribution in [0, 0.1) is 0 Å². The van der Waals surface area contributed by atoms with Crippen molar-refractivity contribution in [1.29, 1.82) is 0 Å². The van der Waals surface area contributed by atoms with E-state index in [2.05, 4.69) is 26.8 Å². The molecule has 0 spiro atoms. The molecular weight excluding hydrogens is 432 g/mol. The summed E-state index contributed by atoms with van der Waals surface area (Å²) in [6.45, 7) is -0.224. The van der Waals surface area contributed by atoms with Gasteiger partial charge in [0.25, 0.3) is 5.91 Å². The first-order valence-electron chi connectivity index (χ1n) is 8.15. The zero-order chi connectivity index (χ0) is 19.2. The fourth-order valence-electron chi connectivity index (χ4n) is 2.48. The van der Waals surface area contributed by atoms with Gasteiger partial charge in [0.2, 0.25) is 5.91 Å². The lowest BCUT2D eigenvalue weighted by Gasteiger charge is -2.11. The number of fused-ring (bicyclic) bond motifs is 1. The van der Waals surface area contributed by atoms with E-state index in [1.54, 1.807) is 30.3 Å². The van der Waals surface area contributed by atoms with Gasteiger partial charge in [0.05, 0.1) is 10.9 Å². The monoisotopic (exact) mass is 446 g/mol. The van der Waals surface area contributed by atoms with E-state index in [-0.39, 0.29) is 18.9 Å². The SMILES string of the molecule is O=C(COc1ccc2ccccc2c1Br)NNC(=O)Cc1ccc(Cl)cc1. The minimum Gasteiger partial charge on any atom is -0.483 e. The molecule has 0 atom stereocenters. The fraction of sp³-hybridized carbons (Fsp3) is 0.100. The first-order chi connectivity index (χ1) is 13.0. The molecule has 0 aliphatic heterocycles. The zero-order valence-corrected chi connectivity index (χ0v) is 16.5. The molecule has 0 bridgehead atoms. The maximum atomic E-state index is 11.9. The van der Waals surface area contributed by atoms with Crippen LogP contribution in [-0.4, -0.2) is 18.4 Å². The summed E-state index contributed by atoms with van der Waals surface area (Å²) in [5.41, 5.74) is 5.49. The topological polar surface area (TPSA) is 67.4 Å². The number of carbonyl (C=O) groups is 2. The highest BCUT2D eigenvalue weighted by Crippen LogP contribution is 2.32. The second kappa shape index (κ2) is 8.88. The van der Waals surface area contributed by atoms with E-state index in [0.29, 0.717) is 10.8 Å². The Labute approximate surface area is 169 Å². The molecule has 0 fully saturated rings. The third-order valence-electron chi connectivity index (χ3n) is 3.81. The van der Waals surface area contributed by atoms with Crippen LogP contribution in [0.3, 0.4) is 0 Å². The van der Waals surface area contributed by atoms with Crippen molar-refractivity contribution in [3.8, 4) is 5.75 Å². The molecule has 3 rings (SSSR count). The average Bonchev–Trinajstić information content (AvgIpc) is 2.68. The molecule has 0 aliphatic rings. The molecule has 0 unspecified atom stereocenters. The lowest BCUT2D eigenvalue weighted by molar-refractivity contribution is -0.129. The number of carbonyl (C=O) groups excluding carboxylic acids is 2. The molecule has 0 aromatic heterocycles. The Morgan fingerprint density at radius 1 is 0.926 bits per heavy atom. The van der Waals surface area contributed by atoms with Crippen molar-refractivity contribution >= 4 is 50.1 Å². The molecule has 0 aliphatic carbocycles. The highest BCUT2D eigenvalue weighted by molar-refractivity contribution is 9.10. The molecule has 138 valence electrons. The van der Waals surface area contributed by atoms with Crippen molar-refractivity contribution in [3.05, 3.63) is 75.7 Å².